The van der Waals surface area contributed by atoms with E-state index in [0.717, 1.165) is 10.9 Å². The number of esters is 1. The number of carbonyl (C=O) groups is 5. The molecule has 0 aliphatic carbocycles. The number of hydrogen-bond donors (Lipinski definition) is 3. The summed E-state index contributed by atoms with van der Waals surface area (Å²) >= 11 is 0. The fourth-order valence-corrected chi connectivity index (χ4v) is 4.81. The average molecular weight is 556 g/mol. The lowest BCUT2D eigenvalue weighted by atomic mass is 9.89. The predicted octanol–water partition coefficient (Wildman–Crippen LogP) is 3.58. The summed E-state index contributed by atoms with van der Waals surface area (Å²) in [6.07, 6.45) is 0.986. The Labute approximate surface area is 234 Å². The fourth-order valence-electron chi connectivity index (χ4n) is 4.81. The molecule has 1 aliphatic heterocycles. The minimum atomic E-state index is -1.03. The van der Waals surface area contributed by atoms with Gasteiger partial charge in [-0.2, -0.15) is 0 Å². The van der Waals surface area contributed by atoms with Crippen molar-refractivity contribution in [3.63, 3.8) is 0 Å². The summed E-state index contributed by atoms with van der Waals surface area (Å²) in [6, 6.07) is 6.15. The zero-order valence-electron chi connectivity index (χ0n) is 24.2. The number of carbonyl (C=O) groups excluding carboxylic acids is 5. The number of Topliss-reactive ketones (excluding diaryl/α,β-unsaturated/α-hetero) is 2. The van der Waals surface area contributed by atoms with Crippen molar-refractivity contribution < 1.29 is 33.4 Å². The summed E-state index contributed by atoms with van der Waals surface area (Å²) in [5, 5.41) is 6.30. The number of methoxy groups -OCH3 is 1. The summed E-state index contributed by atoms with van der Waals surface area (Å²) in [6.45, 7) is 8.93. The van der Waals surface area contributed by atoms with Crippen LogP contribution in [0.25, 0.3) is 10.9 Å². The van der Waals surface area contributed by atoms with Crippen LogP contribution in [0.1, 0.15) is 70.8 Å². The average Bonchev–Trinajstić information content (AvgIpc) is 3.51. The molecule has 0 unspecified atom stereocenters. The molecule has 218 valence electrons. The third kappa shape index (κ3) is 7.92. The highest BCUT2D eigenvalue weighted by Crippen LogP contribution is 2.28. The highest BCUT2D eigenvalue weighted by atomic mass is 16.5. The van der Waals surface area contributed by atoms with Crippen LogP contribution in [0.3, 0.4) is 0 Å². The van der Waals surface area contributed by atoms with Crippen LogP contribution < -0.4 is 15.4 Å². The van der Waals surface area contributed by atoms with Gasteiger partial charge in [-0.3, -0.25) is 24.0 Å². The number of hydrogen-bond acceptors (Lipinski definition) is 7. The van der Waals surface area contributed by atoms with E-state index in [9.17, 15) is 24.0 Å². The zero-order chi connectivity index (χ0) is 29.6. The van der Waals surface area contributed by atoms with E-state index in [1.165, 1.54) is 0 Å². The van der Waals surface area contributed by atoms with Crippen LogP contribution in [-0.2, 0) is 23.9 Å². The molecule has 1 aliphatic rings. The Balaban J connectivity index is 1.77. The quantitative estimate of drug-likeness (QED) is 0.253. The van der Waals surface area contributed by atoms with Crippen molar-refractivity contribution in [2.75, 3.05) is 20.3 Å². The Morgan fingerprint density at radius 2 is 1.88 bits per heavy atom. The lowest BCUT2D eigenvalue weighted by Gasteiger charge is -2.24. The topological polar surface area (TPSA) is 144 Å². The summed E-state index contributed by atoms with van der Waals surface area (Å²) in [5.74, 6) is -2.31. The maximum atomic E-state index is 13.5. The number of aromatic amines is 1. The monoisotopic (exact) mass is 555 g/mol. The van der Waals surface area contributed by atoms with E-state index >= 15 is 0 Å². The molecule has 3 rings (SSSR count). The van der Waals surface area contributed by atoms with Crippen molar-refractivity contribution in [1.82, 2.24) is 15.6 Å². The van der Waals surface area contributed by atoms with E-state index in [2.05, 4.69) is 15.6 Å². The maximum absolute atomic E-state index is 13.5. The molecular weight excluding hydrogens is 514 g/mol. The Hall–Kier alpha value is -3.69. The Bertz CT molecular complexity index is 1260. The number of fused-ring (bicyclic) bond motifs is 1. The van der Waals surface area contributed by atoms with Gasteiger partial charge in [-0.05, 0) is 64.2 Å². The number of amides is 2. The minimum Gasteiger partial charge on any atom is -0.496 e. The normalized spacial score (nSPS) is 16.9. The molecule has 2 heterocycles. The summed E-state index contributed by atoms with van der Waals surface area (Å²) in [5.41, 5.74) is 0.322. The van der Waals surface area contributed by atoms with Gasteiger partial charge in [0.25, 0.3) is 0 Å². The van der Waals surface area contributed by atoms with Crippen molar-refractivity contribution in [3.05, 3.63) is 30.0 Å². The van der Waals surface area contributed by atoms with E-state index in [4.69, 9.17) is 9.47 Å². The minimum absolute atomic E-state index is 0.0665. The van der Waals surface area contributed by atoms with Gasteiger partial charge in [0.1, 0.15) is 5.75 Å². The summed E-state index contributed by atoms with van der Waals surface area (Å²) in [4.78, 5) is 67.5. The first kappa shape index (κ1) is 30.8. The van der Waals surface area contributed by atoms with Gasteiger partial charge in [0.2, 0.25) is 11.8 Å². The third-order valence-electron chi connectivity index (χ3n) is 7.05. The van der Waals surface area contributed by atoms with E-state index in [-0.39, 0.29) is 30.4 Å². The molecule has 1 aromatic carbocycles. The van der Waals surface area contributed by atoms with E-state index in [1.54, 1.807) is 40.0 Å². The van der Waals surface area contributed by atoms with Gasteiger partial charge in [0.15, 0.2) is 18.2 Å². The second-order valence-electron chi connectivity index (χ2n) is 11.9. The molecule has 10 nitrogen and oxygen atoms in total. The molecule has 1 saturated heterocycles. The molecular formula is C30H41N3O7. The lowest BCUT2D eigenvalue weighted by Crippen LogP contribution is -2.47. The molecule has 0 saturated carbocycles. The smallest absolute Gasteiger partial charge is 0.311 e. The lowest BCUT2D eigenvalue weighted by molar-refractivity contribution is -0.156. The van der Waals surface area contributed by atoms with Gasteiger partial charge in [0, 0.05) is 35.7 Å². The van der Waals surface area contributed by atoms with Crippen molar-refractivity contribution in [1.29, 1.82) is 0 Å². The molecule has 1 fully saturated rings. The number of rotatable bonds is 13. The van der Waals surface area contributed by atoms with E-state index in [1.807, 2.05) is 26.0 Å². The van der Waals surface area contributed by atoms with Gasteiger partial charge in [-0.1, -0.05) is 19.9 Å². The molecule has 0 spiro atoms. The largest absolute Gasteiger partial charge is 0.496 e. The van der Waals surface area contributed by atoms with Gasteiger partial charge < -0.3 is 25.1 Å². The van der Waals surface area contributed by atoms with Crippen LogP contribution in [0, 0.1) is 23.2 Å². The first-order valence-corrected chi connectivity index (χ1v) is 13.8. The molecule has 40 heavy (non-hydrogen) atoms. The zero-order valence-corrected chi connectivity index (χ0v) is 24.2. The van der Waals surface area contributed by atoms with Gasteiger partial charge in [-0.15, -0.1) is 0 Å². The SMILES string of the molecule is COc1cccc2[nH]c(C(=O)C[C@@H](CC(C)C)C(=O)N[C@@H](C[C@@H]3CCNC3=O)C(=O)COC(=O)C(C)(C)C)cc12. The molecule has 10 heteroatoms. The van der Waals surface area contributed by atoms with Crippen LogP contribution in [-0.4, -0.2) is 60.6 Å². The van der Waals surface area contributed by atoms with Crippen LogP contribution in [0.5, 0.6) is 5.75 Å². The van der Waals surface area contributed by atoms with Crippen LogP contribution in [0.2, 0.25) is 0 Å². The molecule has 0 radical (unpaired) electrons. The fraction of sp³-hybridized carbons (Fsp3) is 0.567. The number of ether oxygens (including phenoxy) is 2. The third-order valence-corrected chi connectivity index (χ3v) is 7.05. The molecule has 3 atom stereocenters. The predicted molar refractivity (Wildman–Crippen MR) is 150 cm³/mol. The molecule has 3 N–H and O–H groups in total. The number of ketones is 2. The van der Waals surface area contributed by atoms with Crippen molar-refractivity contribution in [2.45, 2.75) is 66.3 Å². The first-order chi connectivity index (χ1) is 18.8. The van der Waals surface area contributed by atoms with Crippen molar-refractivity contribution >= 4 is 40.3 Å². The van der Waals surface area contributed by atoms with Gasteiger partial charge in [-0.25, -0.2) is 0 Å². The van der Waals surface area contributed by atoms with Crippen LogP contribution in [0.15, 0.2) is 24.3 Å². The number of H-pyrrole nitrogens is 1. The van der Waals surface area contributed by atoms with E-state index < -0.39 is 47.6 Å². The number of benzene rings is 1. The molecule has 0 bridgehead atoms. The number of nitrogens with one attached hydrogen (secondary N) is 3. The van der Waals surface area contributed by atoms with Crippen LogP contribution in [0.4, 0.5) is 0 Å². The molecule has 1 aromatic heterocycles. The Kier molecular flexibility index (Phi) is 10.1. The Morgan fingerprint density at radius 3 is 2.48 bits per heavy atom. The Morgan fingerprint density at radius 1 is 1.15 bits per heavy atom. The molecule has 2 amide bonds. The van der Waals surface area contributed by atoms with Crippen molar-refractivity contribution in [3.8, 4) is 5.75 Å². The summed E-state index contributed by atoms with van der Waals surface area (Å²) in [7, 11) is 1.56. The van der Waals surface area contributed by atoms with Gasteiger partial charge >= 0.3 is 5.97 Å². The van der Waals surface area contributed by atoms with Crippen LogP contribution >= 0.6 is 0 Å². The highest BCUT2D eigenvalue weighted by molar-refractivity contribution is 6.02. The summed E-state index contributed by atoms with van der Waals surface area (Å²) < 4.78 is 10.6. The second-order valence-corrected chi connectivity index (χ2v) is 11.9. The van der Waals surface area contributed by atoms with Gasteiger partial charge in [0.05, 0.1) is 24.3 Å². The highest BCUT2D eigenvalue weighted by Gasteiger charge is 2.34. The standard InChI is InChI=1S/C30H41N3O7/c1-17(2)12-19(14-24(34)23-15-20-21(32-23)8-7-9-26(20)39-6)28(37)33-22(13-18-10-11-31-27(18)36)25(35)16-40-29(38)30(3,4)5/h7-9,15,17-19,22,32H,10-14,16H2,1-6H3,(H,31,36)(H,33,37)/t18-,19+,22-/m0/s1. The second kappa shape index (κ2) is 13.1. The number of aromatic nitrogens is 1. The van der Waals surface area contributed by atoms with E-state index in [0.29, 0.717) is 30.8 Å². The first-order valence-electron chi connectivity index (χ1n) is 13.8. The maximum Gasteiger partial charge on any atom is 0.311 e. The van der Waals surface area contributed by atoms with Crippen molar-refractivity contribution in [2.24, 2.45) is 23.2 Å². The molecule has 2 aromatic rings.